The van der Waals surface area contributed by atoms with Crippen LogP contribution in [0.5, 0.6) is 0 Å². The van der Waals surface area contributed by atoms with Gasteiger partial charge in [0.05, 0.1) is 24.0 Å². The summed E-state index contributed by atoms with van der Waals surface area (Å²) >= 11 is 0. The van der Waals surface area contributed by atoms with Crippen molar-refractivity contribution in [3.63, 3.8) is 0 Å². The van der Waals surface area contributed by atoms with Crippen LogP contribution in [0.25, 0.3) is 0 Å². The van der Waals surface area contributed by atoms with E-state index in [1.165, 1.54) is 0 Å². The molecule has 0 saturated heterocycles. The van der Waals surface area contributed by atoms with Crippen molar-refractivity contribution in [2.24, 2.45) is 62.6 Å². The van der Waals surface area contributed by atoms with E-state index in [2.05, 4.69) is 34.3 Å². The lowest BCUT2D eigenvalue weighted by atomic mass is 9.34. The van der Waals surface area contributed by atoms with Crippen LogP contribution >= 0.6 is 0 Å². The van der Waals surface area contributed by atoms with Crippen LogP contribution in [-0.2, 0) is 9.59 Å². The first-order chi connectivity index (χ1) is 16.7. The number of hydrogen-bond acceptors (Lipinski definition) is 4. The highest BCUT2D eigenvalue weighted by Gasteiger charge is 2.76. The maximum absolute atomic E-state index is 12.8. The van der Waals surface area contributed by atoms with E-state index in [1.54, 1.807) is 0 Å². The van der Waals surface area contributed by atoms with Crippen molar-refractivity contribution in [2.75, 3.05) is 6.61 Å². The summed E-state index contributed by atoms with van der Waals surface area (Å²) in [7, 11) is 0. The molecular weight excluding hydrogens is 456 g/mol. The second-order valence-electron chi connectivity index (χ2n) is 14.4. The second-order valence-corrected chi connectivity index (χ2v) is 14.4. The van der Waals surface area contributed by atoms with Crippen LogP contribution in [-0.4, -0.2) is 45.1 Å². The van der Waals surface area contributed by atoms with Gasteiger partial charge in [-0.15, -0.1) is 0 Å². The van der Waals surface area contributed by atoms with E-state index in [0.29, 0.717) is 6.42 Å². The van der Waals surface area contributed by atoms with Gasteiger partial charge in [-0.2, -0.15) is 0 Å². The Bertz CT molecular complexity index is 992. The average Bonchev–Trinajstić information content (AvgIpc) is 3.27. The van der Waals surface area contributed by atoms with Crippen LogP contribution < -0.4 is 0 Å². The van der Waals surface area contributed by atoms with Crippen LogP contribution in [0, 0.1) is 62.6 Å². The first-order valence-corrected chi connectivity index (χ1v) is 14.1. The summed E-state index contributed by atoms with van der Waals surface area (Å²) in [5.74, 6) is -1.96. The largest absolute Gasteiger partial charge is 0.481 e. The summed E-state index contributed by atoms with van der Waals surface area (Å²) in [6.07, 6.45) is 5.47. The van der Waals surface area contributed by atoms with Crippen LogP contribution in [0.4, 0.5) is 0 Å². The Morgan fingerprint density at radius 2 is 1.56 bits per heavy atom. The average molecular weight is 503 g/mol. The van der Waals surface area contributed by atoms with E-state index >= 15 is 0 Å². The van der Waals surface area contributed by atoms with Gasteiger partial charge in [0.15, 0.2) is 0 Å². The highest BCUT2D eigenvalue weighted by Crippen LogP contribution is 2.79. The van der Waals surface area contributed by atoms with Gasteiger partial charge in [-0.25, -0.2) is 0 Å². The number of fused-ring (bicyclic) bond motifs is 7. The smallest absolute Gasteiger partial charge is 0.309 e. The Hall–Kier alpha value is -1.40. The van der Waals surface area contributed by atoms with Crippen molar-refractivity contribution >= 4 is 11.9 Å². The summed E-state index contributed by atoms with van der Waals surface area (Å²) in [5.41, 5.74) is -1.33. The summed E-state index contributed by atoms with van der Waals surface area (Å²) in [6, 6.07) is 0. The molecule has 0 heterocycles. The molecule has 0 aromatic carbocycles. The summed E-state index contributed by atoms with van der Waals surface area (Å²) in [5, 5.41) is 42.6. The number of carboxylic acid groups (broad SMARTS) is 2. The summed E-state index contributed by atoms with van der Waals surface area (Å²) in [6.45, 7) is 14.8. The number of rotatable bonds is 4. The van der Waals surface area contributed by atoms with Gasteiger partial charge in [-0.05, 0) is 104 Å². The lowest BCUT2D eigenvalue weighted by Gasteiger charge is -2.70. The number of allylic oxidation sites excluding steroid dienone is 1. The standard InChI is InChI=1S/C30H46O6/c1-16(2)17-9-12-30(25(35)36)14-13-27(4)18(21(17)30)7-8-20-28(27,5)11-10-19-26(3,15-31)23(32)22(24(33)34)29(19,20)6/h17-23,31-32H,1,7-15H2,2-6H3,(H,33,34)(H,35,36)/t17-,18+,19?,20?,21?,22+,23-,26+,27+,28+,29-,30-/m0/s1. The van der Waals surface area contributed by atoms with Crippen LogP contribution in [0.3, 0.4) is 0 Å². The Morgan fingerprint density at radius 3 is 2.11 bits per heavy atom. The Labute approximate surface area is 215 Å². The van der Waals surface area contributed by atoms with Crippen molar-refractivity contribution in [3.05, 3.63) is 12.2 Å². The molecule has 5 saturated carbocycles. The van der Waals surface area contributed by atoms with Gasteiger partial charge < -0.3 is 20.4 Å². The first kappa shape index (κ1) is 26.2. The van der Waals surface area contributed by atoms with E-state index in [1.807, 2.05) is 6.92 Å². The molecule has 5 aliphatic rings. The third-order valence-electron chi connectivity index (χ3n) is 13.7. The van der Waals surface area contributed by atoms with E-state index < -0.39 is 40.2 Å². The number of carboxylic acids is 2. The number of hydrogen-bond donors (Lipinski definition) is 4. The molecule has 5 fully saturated rings. The van der Waals surface area contributed by atoms with Gasteiger partial charge in [0.25, 0.3) is 0 Å². The zero-order valence-corrected chi connectivity index (χ0v) is 22.7. The molecule has 0 radical (unpaired) electrons. The lowest BCUT2D eigenvalue weighted by molar-refractivity contribution is -0.229. The molecule has 0 aromatic heterocycles. The fourth-order valence-corrected chi connectivity index (χ4v) is 11.8. The number of aliphatic hydroxyl groups excluding tert-OH is 2. The fourth-order valence-electron chi connectivity index (χ4n) is 11.8. The number of aliphatic hydroxyl groups is 2. The molecule has 3 unspecified atom stereocenters. The maximum atomic E-state index is 12.8. The maximum Gasteiger partial charge on any atom is 0.309 e. The Kier molecular flexibility index (Phi) is 5.69. The molecule has 5 aliphatic carbocycles. The molecule has 6 nitrogen and oxygen atoms in total. The fraction of sp³-hybridized carbons (Fsp3) is 0.867. The minimum Gasteiger partial charge on any atom is -0.481 e. The van der Waals surface area contributed by atoms with Crippen LogP contribution in [0.2, 0.25) is 0 Å². The molecule has 0 bridgehead atoms. The van der Waals surface area contributed by atoms with Crippen molar-refractivity contribution in [1.82, 2.24) is 0 Å². The zero-order valence-electron chi connectivity index (χ0n) is 22.7. The normalized spacial score (nSPS) is 55.7. The summed E-state index contributed by atoms with van der Waals surface area (Å²) in [4.78, 5) is 25.5. The van der Waals surface area contributed by atoms with Crippen LogP contribution in [0.15, 0.2) is 12.2 Å². The minimum absolute atomic E-state index is 0.0688. The van der Waals surface area contributed by atoms with E-state index in [4.69, 9.17) is 0 Å². The van der Waals surface area contributed by atoms with Gasteiger partial charge in [-0.3, -0.25) is 9.59 Å². The molecular formula is C30H46O6. The highest BCUT2D eigenvalue weighted by molar-refractivity contribution is 5.76. The quantitative estimate of drug-likeness (QED) is 0.403. The van der Waals surface area contributed by atoms with Crippen molar-refractivity contribution in [1.29, 1.82) is 0 Å². The van der Waals surface area contributed by atoms with Gasteiger partial charge in [0.2, 0.25) is 0 Å². The predicted octanol–water partition coefficient (Wildman–Crippen LogP) is 4.98. The van der Waals surface area contributed by atoms with Gasteiger partial charge in [0, 0.05) is 5.41 Å². The number of aliphatic carboxylic acids is 2. The van der Waals surface area contributed by atoms with Gasteiger partial charge in [0.1, 0.15) is 0 Å². The Balaban J connectivity index is 1.62. The predicted molar refractivity (Wildman–Crippen MR) is 136 cm³/mol. The Morgan fingerprint density at radius 1 is 0.889 bits per heavy atom. The highest BCUT2D eigenvalue weighted by atomic mass is 16.4. The van der Waals surface area contributed by atoms with Gasteiger partial charge in [-0.1, -0.05) is 39.8 Å². The minimum atomic E-state index is -1.09. The lowest BCUT2D eigenvalue weighted by Crippen LogP contribution is -2.65. The second kappa shape index (κ2) is 7.81. The SMILES string of the molecule is C=C(C)[C@@H]1CC[C@]2(C(=O)O)CC[C@]3(C)[C@H](CCC4[C@]5(C)C(CC[C@]43C)[C@@](C)(CO)[C@@H](O)[C@@H]5C(=O)O)C12. The third-order valence-corrected chi connectivity index (χ3v) is 13.7. The van der Waals surface area contributed by atoms with Crippen molar-refractivity contribution in [3.8, 4) is 0 Å². The van der Waals surface area contributed by atoms with E-state index in [-0.39, 0.29) is 47.0 Å². The van der Waals surface area contributed by atoms with Crippen molar-refractivity contribution < 1.29 is 30.0 Å². The van der Waals surface area contributed by atoms with Crippen LogP contribution in [0.1, 0.15) is 86.0 Å². The van der Waals surface area contributed by atoms with Crippen molar-refractivity contribution in [2.45, 2.75) is 92.1 Å². The molecule has 36 heavy (non-hydrogen) atoms. The van der Waals surface area contributed by atoms with E-state index in [9.17, 15) is 30.0 Å². The molecule has 5 rings (SSSR count). The first-order valence-electron chi connectivity index (χ1n) is 14.1. The molecule has 0 aliphatic heterocycles. The molecule has 0 spiro atoms. The monoisotopic (exact) mass is 502 g/mol. The molecule has 0 amide bonds. The topological polar surface area (TPSA) is 115 Å². The molecule has 4 N–H and O–H groups in total. The molecule has 202 valence electrons. The molecule has 6 heteroatoms. The summed E-state index contributed by atoms with van der Waals surface area (Å²) < 4.78 is 0. The number of carbonyl (C=O) groups is 2. The molecule has 0 aromatic rings. The van der Waals surface area contributed by atoms with E-state index in [0.717, 1.165) is 50.5 Å². The molecule has 12 atom stereocenters. The zero-order chi connectivity index (χ0) is 26.6. The van der Waals surface area contributed by atoms with Gasteiger partial charge >= 0.3 is 11.9 Å². The third kappa shape index (κ3) is 2.76.